The maximum absolute atomic E-state index is 13.4. The van der Waals surface area contributed by atoms with Crippen molar-refractivity contribution in [2.75, 3.05) is 13.1 Å². The van der Waals surface area contributed by atoms with Gasteiger partial charge in [-0.2, -0.15) is 0 Å². The van der Waals surface area contributed by atoms with Crippen molar-refractivity contribution >= 4 is 38.2 Å². The van der Waals surface area contributed by atoms with Crippen LogP contribution in [0.2, 0.25) is 0 Å². The highest BCUT2D eigenvalue weighted by Gasteiger charge is 2.29. The number of pyridine rings is 1. The Morgan fingerprint density at radius 3 is 2.96 bits per heavy atom. The van der Waals surface area contributed by atoms with E-state index in [0.717, 1.165) is 33.2 Å². The van der Waals surface area contributed by atoms with Gasteiger partial charge in [0.2, 0.25) is 0 Å². The largest absolute Gasteiger partial charge is 0.486 e. The van der Waals surface area contributed by atoms with Crippen LogP contribution >= 0.6 is 11.3 Å². The molecule has 0 unspecified atom stereocenters. The molecule has 0 saturated carbocycles. The summed E-state index contributed by atoms with van der Waals surface area (Å²) in [4.78, 5) is 19.8. The fourth-order valence-electron chi connectivity index (χ4n) is 3.64. The molecule has 1 aliphatic rings. The van der Waals surface area contributed by atoms with Gasteiger partial charge in [0.05, 0.1) is 11.4 Å². The summed E-state index contributed by atoms with van der Waals surface area (Å²) in [6.07, 6.45) is 2.46. The number of amides is 1. The number of likely N-dealkylation sites (tertiary alicyclic amines) is 1. The quantitative estimate of drug-likeness (QED) is 0.499. The van der Waals surface area contributed by atoms with Crippen molar-refractivity contribution < 1.29 is 13.9 Å². The van der Waals surface area contributed by atoms with Gasteiger partial charge in [0.15, 0.2) is 0 Å². The summed E-state index contributed by atoms with van der Waals surface area (Å²) in [7, 11) is 0. The van der Waals surface area contributed by atoms with Crippen LogP contribution in [0.25, 0.3) is 21.0 Å². The van der Waals surface area contributed by atoms with Crippen molar-refractivity contribution in [3.05, 3.63) is 71.5 Å². The number of hydrogen-bond acceptors (Lipinski definition) is 4. The number of hydrogen-bond donors (Lipinski definition) is 0. The molecule has 2 aromatic carbocycles. The smallest absolute Gasteiger partial charge is 0.264 e. The minimum Gasteiger partial charge on any atom is -0.486 e. The summed E-state index contributed by atoms with van der Waals surface area (Å²) in [5, 5.41) is 1.80. The van der Waals surface area contributed by atoms with Crippen molar-refractivity contribution in [1.82, 2.24) is 9.88 Å². The molecule has 0 spiro atoms. The summed E-state index contributed by atoms with van der Waals surface area (Å²) >= 11 is 1.40. The lowest BCUT2D eigenvalue weighted by atomic mass is 10.2. The molecule has 3 heterocycles. The van der Waals surface area contributed by atoms with Gasteiger partial charge < -0.3 is 9.64 Å². The number of ether oxygens (including phenoxy) is 1. The number of para-hydroxylation sites is 1. The molecule has 1 aliphatic heterocycles. The van der Waals surface area contributed by atoms with Crippen LogP contribution in [0.5, 0.6) is 5.75 Å². The highest BCUT2D eigenvalue weighted by Crippen LogP contribution is 2.30. The van der Waals surface area contributed by atoms with Gasteiger partial charge in [-0.05, 0) is 41.8 Å². The van der Waals surface area contributed by atoms with Gasteiger partial charge in [-0.3, -0.25) is 9.78 Å². The van der Waals surface area contributed by atoms with Crippen LogP contribution < -0.4 is 4.74 Å². The van der Waals surface area contributed by atoms with Gasteiger partial charge >= 0.3 is 0 Å². The predicted octanol–water partition coefficient (Wildman–Crippen LogP) is 4.88. The minimum atomic E-state index is -0.289. The van der Waals surface area contributed by atoms with Gasteiger partial charge in [0, 0.05) is 29.2 Å². The number of benzene rings is 2. The minimum absolute atomic E-state index is 0.0243. The first-order valence-electron chi connectivity index (χ1n) is 9.16. The maximum Gasteiger partial charge on any atom is 0.264 e. The lowest BCUT2D eigenvalue weighted by Gasteiger charge is -2.17. The third kappa shape index (κ3) is 3.10. The van der Waals surface area contributed by atoms with Crippen molar-refractivity contribution in [2.24, 2.45) is 0 Å². The zero-order valence-electron chi connectivity index (χ0n) is 15.0. The summed E-state index contributed by atoms with van der Waals surface area (Å²) in [5.74, 6) is 0.432. The number of aromatic nitrogens is 1. The van der Waals surface area contributed by atoms with E-state index in [1.807, 2.05) is 35.2 Å². The lowest BCUT2D eigenvalue weighted by Crippen LogP contribution is -2.30. The summed E-state index contributed by atoms with van der Waals surface area (Å²) in [5.41, 5.74) is 0.835. The summed E-state index contributed by atoms with van der Waals surface area (Å²) < 4.78 is 20.5. The molecule has 2 aromatic heterocycles. The van der Waals surface area contributed by atoms with E-state index in [0.29, 0.717) is 18.0 Å². The number of nitrogens with zero attached hydrogens (tertiary/aromatic N) is 2. The highest BCUT2D eigenvalue weighted by molar-refractivity contribution is 7.20. The molecule has 4 nitrogen and oxygen atoms in total. The summed E-state index contributed by atoms with van der Waals surface area (Å²) in [6, 6.07) is 16.2. The molecule has 28 heavy (non-hydrogen) atoms. The second-order valence-electron chi connectivity index (χ2n) is 6.90. The van der Waals surface area contributed by atoms with E-state index in [9.17, 15) is 9.18 Å². The highest BCUT2D eigenvalue weighted by atomic mass is 32.1. The zero-order chi connectivity index (χ0) is 19.1. The zero-order valence-corrected chi connectivity index (χ0v) is 15.8. The van der Waals surface area contributed by atoms with Crippen molar-refractivity contribution in [1.29, 1.82) is 0 Å². The third-order valence-corrected chi connectivity index (χ3v) is 6.11. The Morgan fingerprint density at radius 2 is 2.04 bits per heavy atom. The number of rotatable bonds is 3. The molecule has 0 radical (unpaired) electrons. The van der Waals surface area contributed by atoms with Gasteiger partial charge in [-0.25, -0.2) is 4.39 Å². The Balaban J connectivity index is 1.32. The average Bonchev–Trinajstić information content (AvgIpc) is 3.34. The van der Waals surface area contributed by atoms with E-state index in [2.05, 4.69) is 4.98 Å². The molecule has 1 amide bonds. The van der Waals surface area contributed by atoms with Crippen molar-refractivity contribution in [2.45, 2.75) is 12.5 Å². The first-order chi connectivity index (χ1) is 13.7. The molecule has 5 rings (SSSR count). The van der Waals surface area contributed by atoms with E-state index in [1.165, 1.54) is 23.5 Å². The second kappa shape index (κ2) is 6.87. The van der Waals surface area contributed by atoms with Crippen LogP contribution in [0.3, 0.4) is 0 Å². The van der Waals surface area contributed by atoms with E-state index in [-0.39, 0.29) is 17.8 Å². The fraction of sp³-hybridized carbons (Fsp3) is 0.182. The topological polar surface area (TPSA) is 42.4 Å². The van der Waals surface area contributed by atoms with Gasteiger partial charge in [-0.15, -0.1) is 11.3 Å². The molecule has 6 heteroatoms. The van der Waals surface area contributed by atoms with Crippen molar-refractivity contribution in [3.63, 3.8) is 0 Å². The normalized spacial score (nSPS) is 16.8. The SMILES string of the molecule is O=C(c1cc2cc(F)ccc2s1)N1CC[C@H](Oc2cccc3cccnc23)C1. The van der Waals surface area contributed by atoms with Crippen LogP contribution in [0, 0.1) is 5.82 Å². The predicted molar refractivity (Wildman–Crippen MR) is 108 cm³/mol. The first kappa shape index (κ1) is 17.1. The molecule has 0 bridgehead atoms. The molecule has 1 saturated heterocycles. The molecular formula is C22H17FN2O2S. The molecule has 1 fully saturated rings. The molecule has 1 atom stereocenters. The fourth-order valence-corrected chi connectivity index (χ4v) is 4.65. The number of carbonyl (C=O) groups is 1. The first-order valence-corrected chi connectivity index (χ1v) is 9.98. The van der Waals surface area contributed by atoms with E-state index >= 15 is 0 Å². The second-order valence-corrected chi connectivity index (χ2v) is 7.99. The Morgan fingerprint density at radius 1 is 1.14 bits per heavy atom. The molecule has 140 valence electrons. The lowest BCUT2D eigenvalue weighted by molar-refractivity contribution is 0.0777. The van der Waals surface area contributed by atoms with Crippen LogP contribution in [-0.4, -0.2) is 35.0 Å². The van der Waals surface area contributed by atoms with E-state index in [1.54, 1.807) is 18.3 Å². The van der Waals surface area contributed by atoms with Crippen LogP contribution in [0.15, 0.2) is 60.8 Å². The monoisotopic (exact) mass is 392 g/mol. The van der Waals surface area contributed by atoms with Crippen LogP contribution in [0.4, 0.5) is 4.39 Å². The molecule has 0 aliphatic carbocycles. The number of halogens is 1. The standard InChI is InChI=1S/C22H17FN2O2S/c23-16-6-7-19-15(11-16)12-20(28-19)22(26)25-10-8-17(13-25)27-18-5-1-3-14-4-2-9-24-21(14)18/h1-7,9,11-12,17H,8,10,13H2/t17-/m0/s1. The van der Waals surface area contributed by atoms with Crippen LogP contribution in [0.1, 0.15) is 16.1 Å². The van der Waals surface area contributed by atoms with Gasteiger partial charge in [-0.1, -0.05) is 18.2 Å². The molecule has 0 N–H and O–H groups in total. The third-order valence-electron chi connectivity index (χ3n) is 5.01. The maximum atomic E-state index is 13.4. The molecular weight excluding hydrogens is 375 g/mol. The number of fused-ring (bicyclic) bond motifs is 2. The number of carbonyl (C=O) groups excluding carboxylic acids is 1. The van der Waals surface area contributed by atoms with Gasteiger partial charge in [0.1, 0.15) is 23.2 Å². The summed E-state index contributed by atoms with van der Waals surface area (Å²) in [6.45, 7) is 1.18. The number of thiophene rings is 1. The Hall–Kier alpha value is -2.99. The van der Waals surface area contributed by atoms with E-state index < -0.39 is 0 Å². The molecule has 4 aromatic rings. The van der Waals surface area contributed by atoms with Gasteiger partial charge in [0.25, 0.3) is 5.91 Å². The Bertz CT molecular complexity index is 1180. The average molecular weight is 392 g/mol. The van der Waals surface area contributed by atoms with Crippen LogP contribution in [-0.2, 0) is 0 Å². The van der Waals surface area contributed by atoms with Crippen molar-refractivity contribution in [3.8, 4) is 5.75 Å². The Labute approximate surface area is 165 Å². The van der Waals surface area contributed by atoms with E-state index in [4.69, 9.17) is 4.74 Å². The Kier molecular flexibility index (Phi) is 4.20.